The van der Waals surface area contributed by atoms with Crippen LogP contribution in [0.3, 0.4) is 0 Å². The third-order valence-electron chi connectivity index (χ3n) is 5.01. The van der Waals surface area contributed by atoms with Crippen LogP contribution in [0.25, 0.3) is 0 Å². The van der Waals surface area contributed by atoms with Gasteiger partial charge in [0.25, 0.3) is 5.56 Å². The maximum absolute atomic E-state index is 12.9. The number of carbonyl (C=O) groups excluding carboxylic acids is 1. The van der Waals surface area contributed by atoms with E-state index in [1.165, 1.54) is 30.8 Å². The largest absolute Gasteiger partial charge is 0.456 e. The maximum Gasteiger partial charge on any atom is 0.416 e. The number of rotatable bonds is 1. The molecule has 2 aliphatic rings. The van der Waals surface area contributed by atoms with E-state index in [2.05, 4.69) is 5.32 Å². The van der Waals surface area contributed by atoms with Crippen molar-refractivity contribution in [1.82, 2.24) is 9.13 Å². The lowest BCUT2D eigenvalue weighted by Crippen LogP contribution is -2.43. The van der Waals surface area contributed by atoms with Gasteiger partial charge in [-0.3, -0.25) is 13.9 Å². The van der Waals surface area contributed by atoms with Gasteiger partial charge in [-0.2, -0.15) is 13.2 Å². The zero-order valence-electron chi connectivity index (χ0n) is 14.8. The summed E-state index contributed by atoms with van der Waals surface area (Å²) in [7, 11) is 2.76. The Balaban J connectivity index is 1.99. The second kappa shape index (κ2) is 5.85. The first-order valence-electron chi connectivity index (χ1n) is 8.25. The SMILES string of the molecule is Cn1c2c(c(=O)n(C)c1=O)[C@H](c1ccc(C(F)(F)F)cc1)C1=C(COC1=O)N2. The van der Waals surface area contributed by atoms with Gasteiger partial charge < -0.3 is 10.1 Å². The quantitative estimate of drug-likeness (QED) is 0.742. The van der Waals surface area contributed by atoms with Crippen molar-refractivity contribution in [2.75, 3.05) is 11.9 Å². The first-order valence-corrected chi connectivity index (χ1v) is 8.25. The van der Waals surface area contributed by atoms with Gasteiger partial charge in [-0.1, -0.05) is 12.1 Å². The molecule has 2 aliphatic heterocycles. The molecule has 0 fully saturated rings. The Morgan fingerprint density at radius 1 is 1.07 bits per heavy atom. The number of carbonyl (C=O) groups is 1. The molecule has 146 valence electrons. The normalized spacial score (nSPS) is 18.5. The molecule has 7 nitrogen and oxygen atoms in total. The van der Waals surface area contributed by atoms with Crippen LogP contribution < -0.4 is 16.6 Å². The summed E-state index contributed by atoms with van der Waals surface area (Å²) >= 11 is 0. The minimum absolute atomic E-state index is 0.0753. The van der Waals surface area contributed by atoms with Crippen LogP contribution in [0.2, 0.25) is 0 Å². The van der Waals surface area contributed by atoms with Crippen LogP contribution in [-0.2, 0) is 29.8 Å². The average molecular weight is 393 g/mol. The van der Waals surface area contributed by atoms with Gasteiger partial charge in [-0.25, -0.2) is 9.59 Å². The van der Waals surface area contributed by atoms with Crippen molar-refractivity contribution in [3.8, 4) is 0 Å². The molecule has 0 saturated carbocycles. The summed E-state index contributed by atoms with van der Waals surface area (Å²) in [6.45, 7) is -0.0753. The Hall–Kier alpha value is -3.30. The minimum atomic E-state index is -4.51. The Kier molecular flexibility index (Phi) is 3.78. The Labute approximate surface area is 155 Å². The summed E-state index contributed by atoms with van der Waals surface area (Å²) < 4.78 is 45.9. The second-order valence-electron chi connectivity index (χ2n) is 6.61. The Morgan fingerprint density at radius 3 is 2.32 bits per heavy atom. The van der Waals surface area contributed by atoms with E-state index in [1.807, 2.05) is 0 Å². The molecule has 1 atom stereocenters. The molecular weight excluding hydrogens is 379 g/mol. The fourth-order valence-corrected chi connectivity index (χ4v) is 3.58. The molecule has 0 saturated heterocycles. The third kappa shape index (κ3) is 2.48. The van der Waals surface area contributed by atoms with Crippen LogP contribution in [0.1, 0.15) is 22.6 Å². The molecule has 28 heavy (non-hydrogen) atoms. The topological polar surface area (TPSA) is 82.3 Å². The van der Waals surface area contributed by atoms with Crippen molar-refractivity contribution in [1.29, 1.82) is 0 Å². The lowest BCUT2D eigenvalue weighted by molar-refractivity contribution is -0.138. The molecule has 1 aromatic heterocycles. The van der Waals surface area contributed by atoms with Crippen LogP contribution in [0, 0.1) is 0 Å². The molecule has 0 radical (unpaired) electrons. The fraction of sp³-hybridized carbons (Fsp3) is 0.278. The number of alkyl halides is 3. The standard InChI is InChI=1S/C18H14F3N3O4/c1-23-14-13(15(25)24(2)17(23)27)11(12-10(22-14)7-28-16(12)26)8-3-5-9(6-4-8)18(19,20)21/h3-6,11,22H,7H2,1-2H3/t11-/m1/s1. The molecule has 0 amide bonds. The lowest BCUT2D eigenvalue weighted by Gasteiger charge is -2.28. The smallest absolute Gasteiger partial charge is 0.416 e. The number of nitrogens with zero attached hydrogens (tertiary/aromatic N) is 2. The summed E-state index contributed by atoms with van der Waals surface area (Å²) in [5, 5.41) is 2.91. The number of nitrogens with one attached hydrogen (secondary N) is 1. The van der Waals surface area contributed by atoms with Gasteiger partial charge in [0.1, 0.15) is 12.4 Å². The second-order valence-corrected chi connectivity index (χ2v) is 6.61. The summed E-state index contributed by atoms with van der Waals surface area (Å²) in [6.07, 6.45) is -4.51. The highest BCUT2D eigenvalue weighted by molar-refractivity contribution is 5.96. The van der Waals surface area contributed by atoms with Gasteiger partial charge in [-0.05, 0) is 17.7 Å². The van der Waals surface area contributed by atoms with Crippen molar-refractivity contribution < 1.29 is 22.7 Å². The number of hydrogen-bond acceptors (Lipinski definition) is 5. The molecule has 0 spiro atoms. The van der Waals surface area contributed by atoms with Gasteiger partial charge in [0.2, 0.25) is 0 Å². The molecule has 0 aliphatic carbocycles. The first kappa shape index (κ1) is 18.1. The van der Waals surface area contributed by atoms with E-state index in [4.69, 9.17) is 4.74 Å². The van der Waals surface area contributed by atoms with E-state index < -0.39 is 34.9 Å². The number of aromatic nitrogens is 2. The van der Waals surface area contributed by atoms with Crippen molar-refractivity contribution in [3.63, 3.8) is 0 Å². The maximum atomic E-state index is 12.9. The fourth-order valence-electron chi connectivity index (χ4n) is 3.58. The molecule has 2 aromatic rings. The van der Waals surface area contributed by atoms with Crippen LogP contribution in [0.4, 0.5) is 19.0 Å². The van der Waals surface area contributed by atoms with E-state index in [1.54, 1.807) is 0 Å². The highest BCUT2D eigenvalue weighted by atomic mass is 19.4. The predicted octanol–water partition coefficient (Wildman–Crippen LogP) is 1.47. The molecule has 10 heteroatoms. The number of ether oxygens (including phenoxy) is 1. The summed E-state index contributed by atoms with van der Waals surface area (Å²) in [5.41, 5.74) is -1.10. The molecule has 4 rings (SSSR count). The van der Waals surface area contributed by atoms with Crippen LogP contribution in [0.15, 0.2) is 45.1 Å². The number of esters is 1. The van der Waals surface area contributed by atoms with Crippen molar-refractivity contribution in [2.45, 2.75) is 12.1 Å². The number of fused-ring (bicyclic) bond motifs is 1. The van der Waals surface area contributed by atoms with Crippen molar-refractivity contribution >= 4 is 11.8 Å². The van der Waals surface area contributed by atoms with Crippen molar-refractivity contribution in [3.05, 3.63) is 73.1 Å². The third-order valence-corrected chi connectivity index (χ3v) is 5.01. The molecule has 0 unspecified atom stereocenters. The van der Waals surface area contributed by atoms with E-state index in [9.17, 15) is 27.6 Å². The zero-order valence-corrected chi connectivity index (χ0v) is 14.8. The Bertz CT molecular complexity index is 1160. The first-order chi connectivity index (χ1) is 13.1. The summed E-state index contributed by atoms with van der Waals surface area (Å²) in [4.78, 5) is 37.4. The number of anilines is 1. The molecule has 3 heterocycles. The van der Waals surface area contributed by atoms with E-state index in [0.717, 1.165) is 16.7 Å². The zero-order chi connectivity index (χ0) is 20.4. The number of cyclic esters (lactones) is 1. The number of hydrogen-bond donors (Lipinski definition) is 1. The van der Waals surface area contributed by atoms with Crippen LogP contribution in [-0.4, -0.2) is 21.7 Å². The average Bonchev–Trinajstić information content (AvgIpc) is 3.03. The van der Waals surface area contributed by atoms with Gasteiger partial charge in [-0.15, -0.1) is 0 Å². The van der Waals surface area contributed by atoms with E-state index in [0.29, 0.717) is 11.3 Å². The van der Waals surface area contributed by atoms with Gasteiger partial charge >= 0.3 is 17.8 Å². The highest BCUT2D eigenvalue weighted by Gasteiger charge is 2.41. The van der Waals surface area contributed by atoms with E-state index >= 15 is 0 Å². The van der Waals surface area contributed by atoms with Crippen LogP contribution >= 0.6 is 0 Å². The van der Waals surface area contributed by atoms with Crippen LogP contribution in [0.5, 0.6) is 0 Å². The lowest BCUT2D eigenvalue weighted by atomic mass is 9.82. The Morgan fingerprint density at radius 2 is 1.71 bits per heavy atom. The molecule has 1 N–H and O–H groups in total. The van der Waals surface area contributed by atoms with Gasteiger partial charge in [0.05, 0.1) is 28.3 Å². The summed E-state index contributed by atoms with van der Waals surface area (Å²) in [6, 6.07) is 4.24. The minimum Gasteiger partial charge on any atom is -0.456 e. The highest BCUT2D eigenvalue weighted by Crippen LogP contribution is 2.42. The molecule has 0 bridgehead atoms. The number of halogens is 3. The van der Waals surface area contributed by atoms with Gasteiger partial charge in [0.15, 0.2) is 0 Å². The molecular formula is C18H14F3N3O4. The predicted molar refractivity (Wildman–Crippen MR) is 91.8 cm³/mol. The van der Waals surface area contributed by atoms with Gasteiger partial charge in [0, 0.05) is 14.1 Å². The molecule has 1 aromatic carbocycles. The van der Waals surface area contributed by atoms with E-state index in [-0.39, 0.29) is 23.6 Å². The van der Waals surface area contributed by atoms with Crippen molar-refractivity contribution in [2.24, 2.45) is 14.1 Å². The summed E-state index contributed by atoms with van der Waals surface area (Å²) in [5.74, 6) is -1.42. The monoisotopic (exact) mass is 393 g/mol. The number of benzene rings is 1.